The summed E-state index contributed by atoms with van der Waals surface area (Å²) in [6.45, 7) is 5.82. The first-order chi connectivity index (χ1) is 18.1. The molecule has 0 spiro atoms. The van der Waals surface area contributed by atoms with Crippen molar-refractivity contribution in [1.82, 2.24) is 15.1 Å². The molecular weight excluding hydrogens is 516 g/mol. The maximum atomic E-state index is 13.1. The number of anilines is 1. The quantitative estimate of drug-likeness (QED) is 0.281. The molecule has 0 fully saturated rings. The fourth-order valence-electron chi connectivity index (χ4n) is 3.72. The highest BCUT2D eigenvalue weighted by atomic mass is 35.5. The Labute approximate surface area is 224 Å². The smallest absolute Gasteiger partial charge is 0.319 e. The lowest BCUT2D eigenvalue weighted by molar-refractivity contribution is -0.137. The molecule has 0 unspecified atom stereocenters. The number of benzene rings is 2. The standard InChI is InChI=1S/C26H29ClN4O7/c1-4-37-18-10-17(11-19(12-18)38-5-2)21(13-22(32)33)28-26(36)29-23-24(34)15(3)30-31(25(23)35)14-16-8-6-7-9-20(16)27/h6-12,21,34H,4-5,13-14H2,1-3H3,(H,32,33)(H2,28,29,36)/t21-/m0/s1. The highest BCUT2D eigenvalue weighted by Gasteiger charge is 2.23. The number of urea groups is 1. The number of carboxylic acids is 1. The highest BCUT2D eigenvalue weighted by Crippen LogP contribution is 2.29. The predicted molar refractivity (Wildman–Crippen MR) is 141 cm³/mol. The van der Waals surface area contributed by atoms with E-state index in [9.17, 15) is 24.6 Å². The van der Waals surface area contributed by atoms with E-state index in [1.807, 2.05) is 0 Å². The minimum Gasteiger partial charge on any atom is -0.504 e. The van der Waals surface area contributed by atoms with Gasteiger partial charge < -0.3 is 25.0 Å². The molecule has 1 atom stereocenters. The van der Waals surface area contributed by atoms with Crippen LogP contribution in [0.25, 0.3) is 0 Å². The molecule has 3 aromatic rings. The van der Waals surface area contributed by atoms with Crippen LogP contribution in [0.4, 0.5) is 10.5 Å². The van der Waals surface area contributed by atoms with Crippen molar-refractivity contribution >= 4 is 29.3 Å². The summed E-state index contributed by atoms with van der Waals surface area (Å²) >= 11 is 6.20. The average Bonchev–Trinajstić information content (AvgIpc) is 2.86. The number of carboxylic acid groups (broad SMARTS) is 1. The molecule has 4 N–H and O–H groups in total. The minimum absolute atomic E-state index is 0.00198. The molecule has 0 aliphatic rings. The van der Waals surface area contributed by atoms with Crippen LogP contribution in [-0.2, 0) is 11.3 Å². The van der Waals surface area contributed by atoms with Crippen LogP contribution in [0, 0.1) is 6.92 Å². The first-order valence-corrected chi connectivity index (χ1v) is 12.2. The minimum atomic E-state index is -1.17. The summed E-state index contributed by atoms with van der Waals surface area (Å²) in [5.41, 5.74) is -0.0442. The van der Waals surface area contributed by atoms with E-state index in [1.54, 1.807) is 56.3 Å². The van der Waals surface area contributed by atoms with Crippen molar-refractivity contribution in [2.24, 2.45) is 0 Å². The largest absolute Gasteiger partial charge is 0.504 e. The number of amides is 2. The topological polar surface area (TPSA) is 152 Å². The Hall–Kier alpha value is -4.25. The van der Waals surface area contributed by atoms with Gasteiger partial charge in [-0.25, -0.2) is 9.48 Å². The van der Waals surface area contributed by atoms with Crippen molar-refractivity contribution in [2.75, 3.05) is 18.5 Å². The van der Waals surface area contributed by atoms with Gasteiger partial charge in [-0.2, -0.15) is 5.10 Å². The Kier molecular flexibility index (Phi) is 9.55. The monoisotopic (exact) mass is 544 g/mol. The van der Waals surface area contributed by atoms with Crippen molar-refractivity contribution in [3.8, 4) is 17.2 Å². The molecule has 11 nitrogen and oxygen atoms in total. The Morgan fingerprint density at radius 3 is 2.32 bits per heavy atom. The number of aromatic hydroxyl groups is 1. The molecule has 2 aromatic carbocycles. The Bertz CT molecular complexity index is 1350. The molecule has 0 radical (unpaired) electrons. The van der Waals surface area contributed by atoms with E-state index < -0.39 is 41.5 Å². The molecule has 3 rings (SSSR count). The first kappa shape index (κ1) is 28.3. The first-order valence-electron chi connectivity index (χ1n) is 11.9. The third-order valence-electron chi connectivity index (χ3n) is 5.43. The van der Waals surface area contributed by atoms with Crippen LogP contribution in [0.1, 0.15) is 43.1 Å². The van der Waals surface area contributed by atoms with Gasteiger partial charge in [-0.05, 0) is 50.1 Å². The number of hydrogen-bond donors (Lipinski definition) is 4. The second kappa shape index (κ2) is 12.8. The summed E-state index contributed by atoms with van der Waals surface area (Å²) < 4.78 is 12.2. The number of carbonyl (C=O) groups is 2. The van der Waals surface area contributed by atoms with Gasteiger partial charge in [0.15, 0.2) is 11.4 Å². The van der Waals surface area contributed by atoms with E-state index in [2.05, 4.69) is 15.7 Å². The zero-order valence-corrected chi connectivity index (χ0v) is 21.9. The lowest BCUT2D eigenvalue weighted by Crippen LogP contribution is -2.37. The Balaban J connectivity index is 1.91. The van der Waals surface area contributed by atoms with Crippen LogP contribution >= 0.6 is 11.6 Å². The van der Waals surface area contributed by atoms with E-state index in [0.29, 0.717) is 40.9 Å². The summed E-state index contributed by atoms with van der Waals surface area (Å²) in [6, 6.07) is 9.84. The molecule has 202 valence electrons. The fourth-order valence-corrected chi connectivity index (χ4v) is 3.92. The maximum Gasteiger partial charge on any atom is 0.319 e. The summed E-state index contributed by atoms with van der Waals surface area (Å²) in [5, 5.41) is 29.4. The van der Waals surface area contributed by atoms with Gasteiger partial charge in [0.2, 0.25) is 0 Å². The predicted octanol–water partition coefficient (Wildman–Crippen LogP) is 4.09. The maximum absolute atomic E-state index is 13.1. The number of hydrogen-bond acceptors (Lipinski definition) is 7. The number of aromatic nitrogens is 2. The molecule has 1 heterocycles. The number of nitrogens with one attached hydrogen (secondary N) is 2. The number of rotatable bonds is 11. The molecule has 0 aliphatic heterocycles. The van der Waals surface area contributed by atoms with Crippen molar-refractivity contribution in [1.29, 1.82) is 0 Å². The molecule has 0 saturated carbocycles. The lowest BCUT2D eigenvalue weighted by atomic mass is 10.0. The molecule has 38 heavy (non-hydrogen) atoms. The van der Waals surface area contributed by atoms with Gasteiger partial charge in [0.05, 0.1) is 32.2 Å². The molecule has 0 bridgehead atoms. The molecular formula is C26H29ClN4O7. The molecule has 0 aliphatic carbocycles. The summed E-state index contributed by atoms with van der Waals surface area (Å²) in [4.78, 5) is 37.6. The van der Waals surface area contributed by atoms with Crippen molar-refractivity contribution in [2.45, 2.75) is 39.8 Å². The number of aryl methyl sites for hydroxylation is 1. The average molecular weight is 545 g/mol. The van der Waals surface area contributed by atoms with E-state index in [1.165, 1.54) is 6.92 Å². The molecule has 2 amide bonds. The van der Waals surface area contributed by atoms with Crippen LogP contribution in [0.3, 0.4) is 0 Å². The lowest BCUT2D eigenvalue weighted by Gasteiger charge is -2.20. The Morgan fingerprint density at radius 1 is 1.11 bits per heavy atom. The number of carbonyl (C=O) groups excluding carboxylic acids is 1. The zero-order valence-electron chi connectivity index (χ0n) is 21.2. The number of halogens is 1. The van der Waals surface area contributed by atoms with Crippen LogP contribution in [0.2, 0.25) is 5.02 Å². The van der Waals surface area contributed by atoms with Gasteiger partial charge in [-0.1, -0.05) is 29.8 Å². The van der Waals surface area contributed by atoms with Crippen LogP contribution < -0.4 is 25.7 Å². The van der Waals surface area contributed by atoms with Crippen LogP contribution in [0.5, 0.6) is 17.2 Å². The van der Waals surface area contributed by atoms with Crippen molar-refractivity contribution < 1.29 is 29.3 Å². The molecule has 0 saturated heterocycles. The summed E-state index contributed by atoms with van der Waals surface area (Å²) in [7, 11) is 0. The van der Waals surface area contributed by atoms with Gasteiger partial charge in [-0.3, -0.25) is 14.9 Å². The van der Waals surface area contributed by atoms with Gasteiger partial charge in [0, 0.05) is 11.1 Å². The van der Waals surface area contributed by atoms with Gasteiger partial charge >= 0.3 is 12.0 Å². The fraction of sp³-hybridized carbons (Fsp3) is 0.308. The van der Waals surface area contributed by atoms with E-state index >= 15 is 0 Å². The van der Waals surface area contributed by atoms with Gasteiger partial charge in [0.1, 0.15) is 17.2 Å². The highest BCUT2D eigenvalue weighted by molar-refractivity contribution is 6.31. The Morgan fingerprint density at radius 2 is 1.74 bits per heavy atom. The normalized spacial score (nSPS) is 11.5. The number of ether oxygens (including phenoxy) is 2. The second-order valence-electron chi connectivity index (χ2n) is 8.22. The van der Waals surface area contributed by atoms with Crippen molar-refractivity contribution in [3.05, 3.63) is 74.7 Å². The van der Waals surface area contributed by atoms with Gasteiger partial charge in [-0.15, -0.1) is 0 Å². The molecule has 12 heteroatoms. The van der Waals surface area contributed by atoms with E-state index in [-0.39, 0.29) is 12.2 Å². The number of nitrogens with zero attached hydrogens (tertiary/aromatic N) is 2. The second-order valence-corrected chi connectivity index (χ2v) is 8.62. The SMILES string of the molecule is CCOc1cc(OCC)cc([C@H](CC(=O)O)NC(=O)Nc2c(O)c(C)nn(Cc3ccccc3Cl)c2=O)c1. The summed E-state index contributed by atoms with van der Waals surface area (Å²) in [6.07, 6.45) is -0.466. The van der Waals surface area contributed by atoms with Crippen molar-refractivity contribution in [3.63, 3.8) is 0 Å². The van der Waals surface area contributed by atoms with E-state index in [0.717, 1.165) is 4.68 Å². The third kappa shape index (κ3) is 7.16. The third-order valence-corrected chi connectivity index (χ3v) is 5.79. The summed E-state index contributed by atoms with van der Waals surface area (Å²) in [5.74, 6) is -0.793. The number of aliphatic carboxylic acids is 1. The molecule has 1 aromatic heterocycles. The van der Waals surface area contributed by atoms with Gasteiger partial charge in [0.25, 0.3) is 5.56 Å². The van der Waals surface area contributed by atoms with E-state index in [4.69, 9.17) is 21.1 Å². The van der Waals surface area contributed by atoms with Crippen LogP contribution in [0.15, 0.2) is 47.3 Å². The van der Waals surface area contributed by atoms with Crippen LogP contribution in [-0.4, -0.2) is 45.2 Å². The zero-order chi connectivity index (χ0) is 27.8.